The van der Waals surface area contributed by atoms with E-state index in [4.69, 9.17) is 0 Å². The van der Waals surface area contributed by atoms with Gasteiger partial charge in [0.25, 0.3) is 5.91 Å². The zero-order chi connectivity index (χ0) is 19.3. The Hall–Kier alpha value is -3.68. The maximum atomic E-state index is 12.4. The smallest absolute Gasteiger partial charge is 0.319 e. The van der Waals surface area contributed by atoms with Crippen LogP contribution < -0.4 is 16.0 Å². The molecule has 0 aliphatic heterocycles. The minimum Gasteiger partial charge on any atom is -0.335 e. The van der Waals surface area contributed by atoms with Gasteiger partial charge in [-0.05, 0) is 42.7 Å². The summed E-state index contributed by atoms with van der Waals surface area (Å²) in [5.74, 6) is -0.0709. The van der Waals surface area contributed by atoms with Gasteiger partial charge in [0.1, 0.15) is 6.33 Å². The number of carbonyl (C=O) groups is 2. The Labute approximate surface area is 162 Å². The highest BCUT2D eigenvalue weighted by atomic mass is 16.2. The van der Waals surface area contributed by atoms with E-state index in [1.807, 2.05) is 30.3 Å². The molecule has 1 fully saturated rings. The standard InChI is InChI=1S/C20H20N6O2/c27-18(15-6-8-16(9-7-15)22-20(28)23-17-10-11-17)24-19-21-13-26(25-19)12-14-4-2-1-3-5-14/h1-9,13,17H,10-12H2,(H2,22,23,28)(H,24,25,27). The van der Waals surface area contributed by atoms with Crippen molar-refractivity contribution in [1.29, 1.82) is 0 Å². The van der Waals surface area contributed by atoms with Gasteiger partial charge >= 0.3 is 6.03 Å². The Morgan fingerprint density at radius 1 is 1.00 bits per heavy atom. The van der Waals surface area contributed by atoms with Crippen LogP contribution in [0.1, 0.15) is 28.8 Å². The van der Waals surface area contributed by atoms with E-state index < -0.39 is 0 Å². The third-order valence-corrected chi connectivity index (χ3v) is 4.27. The Bertz CT molecular complexity index is 964. The fraction of sp³-hybridized carbons (Fsp3) is 0.200. The number of benzene rings is 2. The minimum absolute atomic E-state index is 0.229. The lowest BCUT2D eigenvalue weighted by molar-refractivity contribution is 0.102. The van der Waals surface area contributed by atoms with E-state index in [1.54, 1.807) is 35.3 Å². The van der Waals surface area contributed by atoms with Crippen LogP contribution in [0.15, 0.2) is 60.9 Å². The van der Waals surface area contributed by atoms with Crippen molar-refractivity contribution in [3.63, 3.8) is 0 Å². The SMILES string of the molecule is O=C(Nc1ccc(C(=O)Nc2ncn(Cc3ccccc3)n2)cc1)NC1CC1. The zero-order valence-corrected chi connectivity index (χ0v) is 15.1. The van der Waals surface area contributed by atoms with Crippen LogP contribution in [0.2, 0.25) is 0 Å². The van der Waals surface area contributed by atoms with Gasteiger partial charge in [-0.2, -0.15) is 0 Å². The third kappa shape index (κ3) is 4.73. The summed E-state index contributed by atoms with van der Waals surface area (Å²) in [5.41, 5.74) is 2.17. The molecule has 8 nitrogen and oxygen atoms in total. The molecule has 1 heterocycles. The first-order valence-electron chi connectivity index (χ1n) is 9.08. The summed E-state index contributed by atoms with van der Waals surface area (Å²) in [6.45, 7) is 0.576. The predicted octanol–water partition coefficient (Wildman–Crippen LogP) is 2.86. The maximum absolute atomic E-state index is 12.4. The average Bonchev–Trinajstić information content (AvgIpc) is 3.40. The van der Waals surface area contributed by atoms with Gasteiger partial charge in [-0.25, -0.2) is 14.5 Å². The molecule has 28 heavy (non-hydrogen) atoms. The molecule has 8 heteroatoms. The van der Waals surface area contributed by atoms with E-state index in [2.05, 4.69) is 26.0 Å². The Morgan fingerprint density at radius 3 is 2.46 bits per heavy atom. The molecular weight excluding hydrogens is 356 g/mol. The van der Waals surface area contributed by atoms with Crippen molar-refractivity contribution in [3.05, 3.63) is 72.1 Å². The number of nitrogens with zero attached hydrogens (tertiary/aromatic N) is 3. The van der Waals surface area contributed by atoms with Gasteiger partial charge in [0.05, 0.1) is 6.54 Å². The fourth-order valence-corrected chi connectivity index (χ4v) is 2.66. The first-order chi connectivity index (χ1) is 13.7. The van der Waals surface area contributed by atoms with Crippen LogP contribution in [-0.2, 0) is 6.54 Å². The molecule has 0 atom stereocenters. The van der Waals surface area contributed by atoms with E-state index in [9.17, 15) is 9.59 Å². The molecule has 1 aromatic heterocycles. The quantitative estimate of drug-likeness (QED) is 0.616. The number of nitrogens with one attached hydrogen (secondary N) is 3. The van der Waals surface area contributed by atoms with Crippen LogP contribution in [0.5, 0.6) is 0 Å². The van der Waals surface area contributed by atoms with Crippen molar-refractivity contribution in [3.8, 4) is 0 Å². The lowest BCUT2D eigenvalue weighted by atomic mass is 10.2. The molecular formula is C20H20N6O2. The second-order valence-electron chi connectivity index (χ2n) is 6.66. The van der Waals surface area contributed by atoms with Crippen LogP contribution in [0.4, 0.5) is 16.4 Å². The van der Waals surface area contributed by atoms with Gasteiger partial charge in [0.2, 0.25) is 5.95 Å². The third-order valence-electron chi connectivity index (χ3n) is 4.27. The lowest BCUT2D eigenvalue weighted by Crippen LogP contribution is -2.30. The number of hydrogen-bond donors (Lipinski definition) is 3. The van der Waals surface area contributed by atoms with Gasteiger partial charge in [0.15, 0.2) is 0 Å². The van der Waals surface area contributed by atoms with E-state index in [0.717, 1.165) is 18.4 Å². The summed E-state index contributed by atoms with van der Waals surface area (Å²) < 4.78 is 1.66. The molecule has 1 aliphatic rings. The van der Waals surface area contributed by atoms with Crippen molar-refractivity contribution in [1.82, 2.24) is 20.1 Å². The molecule has 4 rings (SSSR count). The highest BCUT2D eigenvalue weighted by Crippen LogP contribution is 2.19. The summed E-state index contributed by atoms with van der Waals surface area (Å²) in [6, 6.07) is 16.6. The van der Waals surface area contributed by atoms with Gasteiger partial charge in [-0.15, -0.1) is 5.10 Å². The predicted molar refractivity (Wildman–Crippen MR) is 105 cm³/mol. The normalized spacial score (nSPS) is 13.0. The summed E-state index contributed by atoms with van der Waals surface area (Å²) in [5, 5.41) is 12.5. The topological polar surface area (TPSA) is 101 Å². The fourth-order valence-electron chi connectivity index (χ4n) is 2.66. The van der Waals surface area contributed by atoms with Crippen LogP contribution in [0.3, 0.4) is 0 Å². The van der Waals surface area contributed by atoms with Gasteiger partial charge < -0.3 is 10.6 Å². The second kappa shape index (κ2) is 7.91. The van der Waals surface area contributed by atoms with Crippen molar-refractivity contribution in [2.24, 2.45) is 0 Å². The minimum atomic E-state index is -0.313. The number of carbonyl (C=O) groups excluding carboxylic acids is 2. The Morgan fingerprint density at radius 2 is 1.75 bits per heavy atom. The highest BCUT2D eigenvalue weighted by molar-refractivity contribution is 6.03. The molecule has 1 saturated carbocycles. The molecule has 0 bridgehead atoms. The Kier molecular flexibility index (Phi) is 5.01. The molecule has 3 aromatic rings. The maximum Gasteiger partial charge on any atom is 0.319 e. The number of aromatic nitrogens is 3. The van der Waals surface area contributed by atoms with Crippen molar-refractivity contribution >= 4 is 23.6 Å². The lowest BCUT2D eigenvalue weighted by Gasteiger charge is -2.07. The molecule has 2 aromatic carbocycles. The number of anilines is 2. The highest BCUT2D eigenvalue weighted by Gasteiger charge is 2.23. The van der Waals surface area contributed by atoms with Crippen molar-refractivity contribution < 1.29 is 9.59 Å². The van der Waals surface area contributed by atoms with Crippen LogP contribution in [0.25, 0.3) is 0 Å². The molecule has 0 saturated heterocycles. The van der Waals surface area contributed by atoms with Gasteiger partial charge in [-0.1, -0.05) is 30.3 Å². The number of hydrogen-bond acceptors (Lipinski definition) is 4. The van der Waals surface area contributed by atoms with Crippen molar-refractivity contribution in [2.45, 2.75) is 25.4 Å². The molecule has 3 amide bonds. The second-order valence-corrected chi connectivity index (χ2v) is 6.66. The van der Waals surface area contributed by atoms with Crippen LogP contribution >= 0.6 is 0 Å². The monoisotopic (exact) mass is 376 g/mol. The molecule has 142 valence electrons. The number of urea groups is 1. The Balaban J connectivity index is 1.32. The zero-order valence-electron chi connectivity index (χ0n) is 15.1. The van der Waals surface area contributed by atoms with Crippen LogP contribution in [0, 0.1) is 0 Å². The molecule has 3 N–H and O–H groups in total. The van der Waals surface area contributed by atoms with Crippen LogP contribution in [-0.4, -0.2) is 32.7 Å². The summed E-state index contributed by atoms with van der Waals surface area (Å²) in [7, 11) is 0. The molecule has 0 unspecified atom stereocenters. The first kappa shape index (κ1) is 17.7. The average molecular weight is 376 g/mol. The van der Waals surface area contributed by atoms with E-state index in [-0.39, 0.29) is 17.9 Å². The van der Waals surface area contributed by atoms with E-state index >= 15 is 0 Å². The number of amides is 3. The molecule has 1 aliphatic carbocycles. The summed E-state index contributed by atoms with van der Waals surface area (Å²) >= 11 is 0. The molecule has 0 radical (unpaired) electrons. The largest absolute Gasteiger partial charge is 0.335 e. The van der Waals surface area contributed by atoms with E-state index in [1.165, 1.54) is 0 Å². The summed E-state index contributed by atoms with van der Waals surface area (Å²) in [4.78, 5) is 28.2. The summed E-state index contributed by atoms with van der Waals surface area (Å²) in [6.07, 6.45) is 3.64. The molecule has 0 spiro atoms. The number of rotatable bonds is 6. The van der Waals surface area contributed by atoms with Gasteiger partial charge in [0, 0.05) is 17.3 Å². The van der Waals surface area contributed by atoms with E-state index in [0.29, 0.717) is 23.8 Å². The van der Waals surface area contributed by atoms with Gasteiger partial charge in [-0.3, -0.25) is 10.1 Å². The van der Waals surface area contributed by atoms with Crippen molar-refractivity contribution in [2.75, 3.05) is 10.6 Å². The first-order valence-corrected chi connectivity index (χ1v) is 9.08.